The molecular formula is C9H22N4S3. The van der Waals surface area contributed by atoms with E-state index in [2.05, 4.69) is 10.6 Å². The molecule has 0 fully saturated rings. The van der Waals surface area contributed by atoms with Gasteiger partial charge in [-0.1, -0.05) is 0 Å². The maximum Gasteiger partial charge on any atom is 0.166 e. The predicted molar refractivity (Wildman–Crippen MR) is 81.4 cm³/mol. The van der Waals surface area contributed by atoms with Gasteiger partial charge in [0.1, 0.15) is 0 Å². The van der Waals surface area contributed by atoms with Crippen molar-refractivity contribution in [3.8, 4) is 0 Å². The molecule has 0 saturated heterocycles. The van der Waals surface area contributed by atoms with Gasteiger partial charge in [0.05, 0.1) is 0 Å². The highest BCUT2D eigenvalue weighted by Gasteiger charge is 1.94. The lowest BCUT2D eigenvalue weighted by atomic mass is 10.7. The molecule has 0 spiro atoms. The van der Waals surface area contributed by atoms with Crippen molar-refractivity contribution in [2.24, 2.45) is 11.5 Å². The van der Waals surface area contributed by atoms with Gasteiger partial charge >= 0.3 is 0 Å². The van der Waals surface area contributed by atoms with E-state index in [1.807, 2.05) is 23.5 Å². The first-order valence-electron chi connectivity index (χ1n) is 5.38. The molecule has 4 nitrogen and oxygen atoms in total. The Balaban J connectivity index is 3.12. The summed E-state index contributed by atoms with van der Waals surface area (Å²) in [5.74, 6) is 4.11. The molecule has 0 aromatic carbocycles. The smallest absolute Gasteiger partial charge is 0.166 e. The lowest BCUT2D eigenvalue weighted by molar-refractivity contribution is 0.891. The van der Waals surface area contributed by atoms with Crippen LogP contribution in [0.15, 0.2) is 0 Å². The fraction of sp³-hybridized carbons (Fsp3) is 0.889. The van der Waals surface area contributed by atoms with Crippen molar-refractivity contribution in [2.75, 3.05) is 49.2 Å². The van der Waals surface area contributed by atoms with Crippen LogP contribution in [0.4, 0.5) is 0 Å². The Hall–Kier alpha value is 0.310. The van der Waals surface area contributed by atoms with Crippen molar-refractivity contribution in [2.45, 2.75) is 0 Å². The number of hydrogen-bond donors (Lipinski definition) is 4. The van der Waals surface area contributed by atoms with Crippen LogP contribution in [0.1, 0.15) is 0 Å². The molecule has 6 N–H and O–H groups in total. The average Bonchev–Trinajstić information content (AvgIpc) is 2.28. The Morgan fingerprint density at radius 1 is 0.875 bits per heavy atom. The summed E-state index contributed by atoms with van der Waals surface area (Å²) in [5, 5.41) is 7.05. The van der Waals surface area contributed by atoms with Gasteiger partial charge in [0.15, 0.2) is 5.11 Å². The van der Waals surface area contributed by atoms with E-state index < -0.39 is 0 Å². The van der Waals surface area contributed by atoms with E-state index in [1.54, 1.807) is 0 Å². The Bertz CT molecular complexity index is 153. The van der Waals surface area contributed by atoms with E-state index in [1.165, 1.54) is 0 Å². The third-order valence-corrected chi connectivity index (χ3v) is 3.91. The second-order valence-electron chi connectivity index (χ2n) is 2.98. The summed E-state index contributed by atoms with van der Waals surface area (Å²) in [6.45, 7) is 3.27. The van der Waals surface area contributed by atoms with Gasteiger partial charge in [0, 0.05) is 49.2 Å². The van der Waals surface area contributed by atoms with Gasteiger partial charge in [0.25, 0.3) is 0 Å². The van der Waals surface area contributed by atoms with Crippen molar-refractivity contribution in [3.05, 3.63) is 0 Å². The molecule has 7 heteroatoms. The molecule has 0 atom stereocenters. The number of nitrogens with two attached hydrogens (primary N) is 2. The molecule has 0 aromatic heterocycles. The lowest BCUT2D eigenvalue weighted by Crippen LogP contribution is -2.37. The summed E-state index contributed by atoms with van der Waals surface area (Å²) in [6, 6.07) is 0. The zero-order valence-corrected chi connectivity index (χ0v) is 12.0. The first-order chi connectivity index (χ1) is 7.81. The molecule has 0 aromatic rings. The van der Waals surface area contributed by atoms with Gasteiger partial charge in [0.2, 0.25) is 0 Å². The largest absolute Gasteiger partial charge is 0.362 e. The molecule has 0 amide bonds. The molecule has 16 heavy (non-hydrogen) atoms. The van der Waals surface area contributed by atoms with E-state index >= 15 is 0 Å². The number of nitrogens with one attached hydrogen (secondary N) is 2. The SMILES string of the molecule is NCCSCCNC(=S)NCCSCCN. The van der Waals surface area contributed by atoms with Crippen LogP contribution < -0.4 is 22.1 Å². The second kappa shape index (κ2) is 13.4. The van der Waals surface area contributed by atoms with Crippen LogP contribution in [0.2, 0.25) is 0 Å². The molecule has 0 rings (SSSR count). The van der Waals surface area contributed by atoms with Gasteiger partial charge in [-0.25, -0.2) is 0 Å². The fourth-order valence-electron chi connectivity index (χ4n) is 0.907. The summed E-state index contributed by atoms with van der Waals surface area (Å²) in [5.41, 5.74) is 10.8. The Kier molecular flexibility index (Phi) is 13.6. The van der Waals surface area contributed by atoms with Crippen molar-refractivity contribution in [3.63, 3.8) is 0 Å². The van der Waals surface area contributed by atoms with Crippen molar-refractivity contribution >= 4 is 40.9 Å². The van der Waals surface area contributed by atoms with Crippen LogP contribution in [0.3, 0.4) is 0 Å². The standard InChI is InChI=1S/C9H22N4S3/c10-1-5-15-7-3-12-9(14)13-4-8-16-6-2-11/h1-8,10-11H2,(H2,12,13,14). The quantitative estimate of drug-likeness (QED) is 0.327. The van der Waals surface area contributed by atoms with E-state index in [0.717, 1.165) is 54.3 Å². The van der Waals surface area contributed by atoms with Crippen LogP contribution in [0, 0.1) is 0 Å². The summed E-state index contributed by atoms with van der Waals surface area (Å²) in [6.07, 6.45) is 0. The van der Waals surface area contributed by atoms with E-state index in [-0.39, 0.29) is 0 Å². The summed E-state index contributed by atoms with van der Waals surface area (Å²) in [4.78, 5) is 0. The van der Waals surface area contributed by atoms with Crippen LogP contribution in [-0.2, 0) is 0 Å². The molecule has 0 aliphatic rings. The minimum absolute atomic E-state index is 0.738. The van der Waals surface area contributed by atoms with Crippen LogP contribution in [0.25, 0.3) is 0 Å². The third kappa shape index (κ3) is 12.4. The molecule has 0 aliphatic heterocycles. The first-order valence-corrected chi connectivity index (χ1v) is 8.10. The van der Waals surface area contributed by atoms with Crippen molar-refractivity contribution in [1.29, 1.82) is 0 Å². The van der Waals surface area contributed by atoms with E-state index in [4.69, 9.17) is 23.7 Å². The Morgan fingerprint density at radius 2 is 1.31 bits per heavy atom. The second-order valence-corrected chi connectivity index (χ2v) is 5.84. The first kappa shape index (κ1) is 16.3. The summed E-state index contributed by atoms with van der Waals surface area (Å²) in [7, 11) is 0. The zero-order valence-electron chi connectivity index (χ0n) is 9.54. The minimum atomic E-state index is 0.738. The van der Waals surface area contributed by atoms with Crippen LogP contribution >= 0.6 is 35.7 Å². The Labute approximate surface area is 112 Å². The maximum absolute atomic E-state index is 5.39. The monoisotopic (exact) mass is 282 g/mol. The normalized spacial score (nSPS) is 10.1. The highest BCUT2D eigenvalue weighted by atomic mass is 32.2. The highest BCUT2D eigenvalue weighted by molar-refractivity contribution is 7.99. The molecule has 0 unspecified atom stereocenters. The van der Waals surface area contributed by atoms with Gasteiger partial charge in [-0.2, -0.15) is 23.5 Å². The summed E-state index contributed by atoms with van der Waals surface area (Å²) >= 11 is 8.79. The number of thioether (sulfide) groups is 2. The summed E-state index contributed by atoms with van der Waals surface area (Å²) < 4.78 is 0. The third-order valence-electron chi connectivity index (χ3n) is 1.59. The molecule has 0 heterocycles. The molecule has 0 bridgehead atoms. The molecule has 0 aliphatic carbocycles. The zero-order chi connectivity index (χ0) is 12.1. The number of thiocarbonyl (C=S) groups is 1. The molecule has 96 valence electrons. The number of rotatable bonds is 10. The van der Waals surface area contributed by atoms with Crippen molar-refractivity contribution < 1.29 is 0 Å². The minimum Gasteiger partial charge on any atom is -0.362 e. The van der Waals surface area contributed by atoms with Crippen LogP contribution in [0.5, 0.6) is 0 Å². The van der Waals surface area contributed by atoms with Gasteiger partial charge in [-0.05, 0) is 12.2 Å². The molecule has 0 radical (unpaired) electrons. The van der Waals surface area contributed by atoms with E-state index in [9.17, 15) is 0 Å². The Morgan fingerprint density at radius 3 is 1.69 bits per heavy atom. The molecular weight excluding hydrogens is 260 g/mol. The van der Waals surface area contributed by atoms with Gasteiger partial charge in [-0.3, -0.25) is 0 Å². The average molecular weight is 283 g/mol. The van der Waals surface area contributed by atoms with E-state index in [0.29, 0.717) is 0 Å². The van der Waals surface area contributed by atoms with Gasteiger partial charge < -0.3 is 22.1 Å². The fourth-order valence-corrected chi connectivity index (χ4v) is 2.35. The maximum atomic E-state index is 5.39. The number of hydrogen-bond acceptors (Lipinski definition) is 5. The van der Waals surface area contributed by atoms with Crippen molar-refractivity contribution in [1.82, 2.24) is 10.6 Å². The van der Waals surface area contributed by atoms with Crippen LogP contribution in [-0.4, -0.2) is 54.3 Å². The predicted octanol–water partition coefficient (Wildman–Crippen LogP) is -0.166. The molecule has 0 saturated carbocycles. The topological polar surface area (TPSA) is 76.1 Å². The van der Waals surface area contributed by atoms with Gasteiger partial charge in [-0.15, -0.1) is 0 Å². The highest BCUT2D eigenvalue weighted by Crippen LogP contribution is 1.96. The lowest BCUT2D eigenvalue weighted by Gasteiger charge is -2.09.